The molecule has 0 spiro atoms. The number of likely N-dealkylation sites (N-methyl/N-ethyl adjacent to an activating group) is 1. The van der Waals surface area contributed by atoms with Gasteiger partial charge in [-0.25, -0.2) is 14.3 Å². The van der Waals surface area contributed by atoms with Crippen molar-refractivity contribution in [3.63, 3.8) is 0 Å². The van der Waals surface area contributed by atoms with Crippen LogP contribution in [0.15, 0.2) is 29.8 Å². The summed E-state index contributed by atoms with van der Waals surface area (Å²) in [5, 5.41) is 6.44. The van der Waals surface area contributed by atoms with E-state index in [2.05, 4.69) is 34.1 Å². The predicted octanol–water partition coefficient (Wildman–Crippen LogP) is 2.39. The monoisotopic (exact) mass is 371 g/mol. The van der Waals surface area contributed by atoms with E-state index < -0.39 is 0 Å². The molecule has 4 rings (SSSR count). The molecule has 136 valence electrons. The Kier molecular flexibility index (Phi) is 4.60. The summed E-state index contributed by atoms with van der Waals surface area (Å²) in [6.07, 6.45) is 1.55. The number of thiophene rings is 1. The number of fused-ring (bicyclic) bond motifs is 1. The largest absolute Gasteiger partial charge is 0.462 e. The molecular formula is C18H21N5O2S. The van der Waals surface area contributed by atoms with E-state index in [1.807, 2.05) is 11.4 Å². The lowest BCUT2D eigenvalue weighted by Crippen LogP contribution is -2.44. The molecular weight excluding hydrogens is 350 g/mol. The van der Waals surface area contributed by atoms with Gasteiger partial charge in [-0.1, -0.05) is 6.07 Å². The van der Waals surface area contributed by atoms with Gasteiger partial charge in [0.05, 0.1) is 23.4 Å². The third kappa shape index (κ3) is 3.06. The summed E-state index contributed by atoms with van der Waals surface area (Å²) < 4.78 is 6.91. The van der Waals surface area contributed by atoms with Gasteiger partial charge in [-0.05, 0) is 25.4 Å². The lowest BCUT2D eigenvalue weighted by molar-refractivity contribution is 0.0528. The normalized spacial score (nSPS) is 15.5. The van der Waals surface area contributed by atoms with Crippen LogP contribution < -0.4 is 4.90 Å². The zero-order chi connectivity index (χ0) is 18.1. The molecule has 1 saturated heterocycles. The molecule has 4 heterocycles. The number of piperazine rings is 1. The van der Waals surface area contributed by atoms with Crippen LogP contribution in [0.4, 0.5) is 5.82 Å². The average Bonchev–Trinajstić information content (AvgIpc) is 3.31. The van der Waals surface area contributed by atoms with Crippen molar-refractivity contribution in [1.29, 1.82) is 0 Å². The SMILES string of the molecule is CCOC(=O)c1cnn2c(-c3cccs3)cc(N3CCN(C)CC3)nc12. The Labute approximate surface area is 155 Å². The van der Waals surface area contributed by atoms with Crippen LogP contribution in [0.5, 0.6) is 0 Å². The first-order chi connectivity index (χ1) is 12.7. The minimum Gasteiger partial charge on any atom is -0.462 e. The number of anilines is 1. The zero-order valence-electron chi connectivity index (χ0n) is 14.9. The molecule has 3 aromatic heterocycles. The van der Waals surface area contributed by atoms with Crippen molar-refractivity contribution in [1.82, 2.24) is 19.5 Å². The van der Waals surface area contributed by atoms with E-state index in [0.717, 1.165) is 42.6 Å². The van der Waals surface area contributed by atoms with Gasteiger partial charge < -0.3 is 14.5 Å². The van der Waals surface area contributed by atoms with E-state index >= 15 is 0 Å². The number of hydrogen-bond acceptors (Lipinski definition) is 7. The number of hydrogen-bond donors (Lipinski definition) is 0. The maximum absolute atomic E-state index is 12.3. The van der Waals surface area contributed by atoms with Crippen molar-refractivity contribution in [3.05, 3.63) is 35.3 Å². The molecule has 8 heteroatoms. The van der Waals surface area contributed by atoms with Gasteiger partial charge in [0.1, 0.15) is 11.4 Å². The van der Waals surface area contributed by atoms with Gasteiger partial charge in [-0.2, -0.15) is 5.10 Å². The Balaban J connectivity index is 1.84. The zero-order valence-corrected chi connectivity index (χ0v) is 15.7. The predicted molar refractivity (Wildman–Crippen MR) is 102 cm³/mol. The summed E-state index contributed by atoms with van der Waals surface area (Å²) >= 11 is 1.64. The number of ether oxygens (including phenoxy) is 1. The molecule has 0 aliphatic carbocycles. The van der Waals surface area contributed by atoms with E-state index in [1.165, 1.54) is 0 Å². The van der Waals surface area contributed by atoms with Crippen molar-refractivity contribution in [2.75, 3.05) is 44.7 Å². The van der Waals surface area contributed by atoms with Crippen LogP contribution in [-0.4, -0.2) is 65.3 Å². The Hall–Kier alpha value is -2.45. The lowest BCUT2D eigenvalue weighted by Gasteiger charge is -2.33. The molecule has 0 amide bonds. The van der Waals surface area contributed by atoms with E-state index in [0.29, 0.717) is 17.8 Å². The fourth-order valence-corrected chi connectivity index (χ4v) is 3.83. The maximum atomic E-state index is 12.3. The van der Waals surface area contributed by atoms with Crippen molar-refractivity contribution < 1.29 is 9.53 Å². The van der Waals surface area contributed by atoms with E-state index in [4.69, 9.17) is 9.72 Å². The van der Waals surface area contributed by atoms with Gasteiger partial charge in [0.15, 0.2) is 5.65 Å². The van der Waals surface area contributed by atoms with Gasteiger partial charge in [-0.3, -0.25) is 0 Å². The highest BCUT2D eigenvalue weighted by molar-refractivity contribution is 7.13. The topological polar surface area (TPSA) is 63.0 Å². The number of rotatable bonds is 4. The standard InChI is InChI=1S/C18H21N5O2S/c1-3-25-18(24)13-12-19-23-14(15-5-4-10-26-15)11-16(20-17(13)23)22-8-6-21(2)7-9-22/h4-5,10-12H,3,6-9H2,1-2H3. The van der Waals surface area contributed by atoms with E-state index in [9.17, 15) is 4.79 Å². The van der Waals surface area contributed by atoms with Crippen LogP contribution in [0, 0.1) is 0 Å². The smallest absolute Gasteiger partial charge is 0.343 e. The second-order valence-electron chi connectivity index (χ2n) is 6.28. The minimum atomic E-state index is -0.386. The Bertz CT molecular complexity index is 913. The number of carbonyl (C=O) groups is 1. The summed E-state index contributed by atoms with van der Waals surface area (Å²) in [6.45, 7) is 5.92. The molecule has 0 aromatic carbocycles. The Morgan fingerprint density at radius 2 is 2.12 bits per heavy atom. The van der Waals surface area contributed by atoms with Crippen molar-refractivity contribution in [3.8, 4) is 10.6 Å². The van der Waals surface area contributed by atoms with Crippen molar-refractivity contribution in [2.24, 2.45) is 0 Å². The van der Waals surface area contributed by atoms with Crippen molar-refractivity contribution in [2.45, 2.75) is 6.92 Å². The highest BCUT2D eigenvalue weighted by Gasteiger charge is 2.22. The molecule has 0 N–H and O–H groups in total. The fraction of sp³-hybridized carbons (Fsp3) is 0.389. The van der Waals surface area contributed by atoms with E-state index in [1.54, 1.807) is 29.0 Å². The molecule has 0 saturated carbocycles. The quantitative estimate of drug-likeness (QED) is 0.656. The first-order valence-corrected chi connectivity index (χ1v) is 9.58. The molecule has 26 heavy (non-hydrogen) atoms. The molecule has 0 atom stereocenters. The fourth-order valence-electron chi connectivity index (χ4n) is 3.10. The van der Waals surface area contributed by atoms with Crippen LogP contribution in [0.3, 0.4) is 0 Å². The van der Waals surface area contributed by atoms with Gasteiger partial charge in [0.25, 0.3) is 0 Å². The molecule has 0 bridgehead atoms. The van der Waals surface area contributed by atoms with Gasteiger partial charge in [0, 0.05) is 32.2 Å². The molecule has 1 aliphatic heterocycles. The highest BCUT2D eigenvalue weighted by atomic mass is 32.1. The third-order valence-electron chi connectivity index (χ3n) is 4.55. The summed E-state index contributed by atoms with van der Waals surface area (Å²) in [5.41, 5.74) is 1.89. The Morgan fingerprint density at radius 3 is 2.81 bits per heavy atom. The van der Waals surface area contributed by atoms with E-state index in [-0.39, 0.29) is 5.97 Å². The minimum absolute atomic E-state index is 0.326. The summed E-state index contributed by atoms with van der Waals surface area (Å²) in [6, 6.07) is 6.13. The van der Waals surface area contributed by atoms with Gasteiger partial charge >= 0.3 is 5.97 Å². The maximum Gasteiger partial charge on any atom is 0.343 e. The van der Waals surface area contributed by atoms with Crippen LogP contribution in [0.2, 0.25) is 0 Å². The number of esters is 1. The van der Waals surface area contributed by atoms with Gasteiger partial charge in [-0.15, -0.1) is 11.3 Å². The first kappa shape index (κ1) is 17.0. The average molecular weight is 371 g/mol. The third-order valence-corrected chi connectivity index (χ3v) is 5.45. The van der Waals surface area contributed by atoms with Crippen LogP contribution in [0.1, 0.15) is 17.3 Å². The van der Waals surface area contributed by atoms with Crippen LogP contribution >= 0.6 is 11.3 Å². The summed E-state index contributed by atoms with van der Waals surface area (Å²) in [7, 11) is 2.13. The molecule has 1 fully saturated rings. The number of aromatic nitrogens is 3. The second-order valence-corrected chi connectivity index (χ2v) is 7.23. The highest BCUT2D eigenvalue weighted by Crippen LogP contribution is 2.29. The molecule has 0 unspecified atom stereocenters. The Morgan fingerprint density at radius 1 is 1.31 bits per heavy atom. The van der Waals surface area contributed by atoms with Gasteiger partial charge in [0.2, 0.25) is 0 Å². The molecule has 0 radical (unpaired) electrons. The molecule has 7 nitrogen and oxygen atoms in total. The van der Waals surface area contributed by atoms with Crippen LogP contribution in [0.25, 0.3) is 16.2 Å². The first-order valence-electron chi connectivity index (χ1n) is 8.70. The van der Waals surface area contributed by atoms with Crippen LogP contribution in [-0.2, 0) is 4.74 Å². The molecule has 1 aliphatic rings. The summed E-state index contributed by atoms with van der Waals surface area (Å²) in [4.78, 5) is 22.7. The number of carbonyl (C=O) groups excluding carboxylic acids is 1. The number of nitrogens with zero attached hydrogens (tertiary/aromatic N) is 5. The van der Waals surface area contributed by atoms with Crippen molar-refractivity contribution >= 4 is 28.8 Å². The molecule has 3 aromatic rings. The summed E-state index contributed by atoms with van der Waals surface area (Å²) in [5.74, 6) is 0.489. The lowest BCUT2D eigenvalue weighted by atomic mass is 10.2. The second kappa shape index (κ2) is 7.05.